The molecule has 0 amide bonds. The summed E-state index contributed by atoms with van der Waals surface area (Å²) in [6.07, 6.45) is -0.379. The Morgan fingerprint density at radius 3 is 2.56 bits per heavy atom. The average Bonchev–Trinajstić information content (AvgIpc) is 2.92. The quantitative estimate of drug-likeness (QED) is 0.763. The van der Waals surface area contributed by atoms with Crippen LogP contribution in [0.4, 0.5) is 14.6 Å². The summed E-state index contributed by atoms with van der Waals surface area (Å²) in [6.45, 7) is 0. The topological polar surface area (TPSA) is 89.7 Å². The Hall–Kier alpha value is -2.16. The molecular formula is C17H19F2N3O3. The molecule has 1 aliphatic carbocycles. The van der Waals surface area contributed by atoms with Crippen LogP contribution in [0.5, 0.6) is 0 Å². The van der Waals surface area contributed by atoms with E-state index in [-0.39, 0.29) is 12.0 Å². The molecule has 134 valence electrons. The Kier molecular flexibility index (Phi) is 4.94. The normalized spacial score (nSPS) is 27.3. The van der Waals surface area contributed by atoms with Crippen molar-refractivity contribution in [1.29, 1.82) is 0 Å². The number of rotatable bonds is 4. The molecule has 1 aromatic heterocycles. The van der Waals surface area contributed by atoms with Crippen molar-refractivity contribution < 1.29 is 24.1 Å². The van der Waals surface area contributed by atoms with Gasteiger partial charge in [-0.25, -0.2) is 18.7 Å². The molecule has 2 aromatic rings. The summed E-state index contributed by atoms with van der Waals surface area (Å²) in [5, 5.41) is 31.2. The number of nitrogens with zero attached hydrogens (tertiary/aromatic N) is 3. The number of aromatic nitrogens is 2. The third-order valence-electron chi connectivity index (χ3n) is 4.81. The van der Waals surface area contributed by atoms with Crippen LogP contribution in [0.1, 0.15) is 18.1 Å². The number of hydrogen-bond acceptors (Lipinski definition) is 6. The van der Waals surface area contributed by atoms with Crippen molar-refractivity contribution in [1.82, 2.24) is 9.97 Å². The van der Waals surface area contributed by atoms with Crippen LogP contribution in [-0.2, 0) is 0 Å². The third kappa shape index (κ3) is 3.33. The molecule has 0 aliphatic heterocycles. The summed E-state index contributed by atoms with van der Waals surface area (Å²) >= 11 is 0. The molecule has 25 heavy (non-hydrogen) atoms. The van der Waals surface area contributed by atoms with E-state index in [0.29, 0.717) is 5.82 Å². The minimum atomic E-state index is -1.23. The number of halogens is 2. The number of aliphatic hydroxyl groups is 3. The summed E-state index contributed by atoms with van der Waals surface area (Å²) in [7, 11) is 1.72. The predicted molar refractivity (Wildman–Crippen MR) is 85.7 cm³/mol. The molecule has 1 heterocycles. The highest BCUT2D eigenvalue weighted by atomic mass is 19.2. The molecular weight excluding hydrogens is 332 g/mol. The van der Waals surface area contributed by atoms with Crippen molar-refractivity contribution in [3.05, 3.63) is 54.0 Å². The van der Waals surface area contributed by atoms with Crippen LogP contribution in [0.15, 0.2) is 36.8 Å². The van der Waals surface area contributed by atoms with Gasteiger partial charge in [0.25, 0.3) is 0 Å². The predicted octanol–water partition coefficient (Wildman–Crippen LogP) is 1.03. The van der Waals surface area contributed by atoms with E-state index < -0.39 is 41.9 Å². The number of hydrogen-bond donors (Lipinski definition) is 3. The molecule has 1 saturated carbocycles. The second kappa shape index (κ2) is 6.99. The molecule has 5 atom stereocenters. The van der Waals surface area contributed by atoms with E-state index in [2.05, 4.69) is 9.97 Å². The Balaban J connectivity index is 1.80. The SMILES string of the molecule is CN(c1ccncn1)[C@@H]1C[C@@H]([C@H](O)c2ccc(F)c(F)c2)[C@@H](O)[C@H]1O. The highest BCUT2D eigenvalue weighted by molar-refractivity contribution is 5.38. The van der Waals surface area contributed by atoms with Crippen molar-refractivity contribution in [2.75, 3.05) is 11.9 Å². The van der Waals surface area contributed by atoms with Crippen LogP contribution in [-0.4, -0.2) is 50.6 Å². The van der Waals surface area contributed by atoms with Gasteiger partial charge >= 0.3 is 0 Å². The van der Waals surface area contributed by atoms with Gasteiger partial charge in [0.2, 0.25) is 0 Å². The van der Waals surface area contributed by atoms with Crippen molar-refractivity contribution in [2.24, 2.45) is 5.92 Å². The van der Waals surface area contributed by atoms with Crippen LogP contribution in [0.3, 0.4) is 0 Å². The van der Waals surface area contributed by atoms with Crippen molar-refractivity contribution in [3.8, 4) is 0 Å². The van der Waals surface area contributed by atoms with Gasteiger partial charge in [-0.05, 0) is 30.2 Å². The first-order chi connectivity index (χ1) is 11.9. The van der Waals surface area contributed by atoms with Crippen LogP contribution in [0, 0.1) is 17.6 Å². The molecule has 0 unspecified atom stereocenters. The number of benzene rings is 1. The van der Waals surface area contributed by atoms with E-state index in [1.807, 2.05) is 0 Å². The fourth-order valence-corrected chi connectivity index (χ4v) is 3.35. The van der Waals surface area contributed by atoms with Crippen molar-refractivity contribution in [3.63, 3.8) is 0 Å². The Labute approximate surface area is 143 Å². The lowest BCUT2D eigenvalue weighted by Crippen LogP contribution is -2.41. The van der Waals surface area contributed by atoms with Gasteiger partial charge in [0.15, 0.2) is 11.6 Å². The fourth-order valence-electron chi connectivity index (χ4n) is 3.35. The second-order valence-corrected chi connectivity index (χ2v) is 6.24. The third-order valence-corrected chi connectivity index (χ3v) is 4.81. The van der Waals surface area contributed by atoms with Crippen LogP contribution < -0.4 is 4.90 Å². The lowest BCUT2D eigenvalue weighted by atomic mass is 9.92. The lowest BCUT2D eigenvalue weighted by Gasteiger charge is -2.28. The zero-order chi connectivity index (χ0) is 18.1. The van der Waals surface area contributed by atoms with E-state index in [0.717, 1.165) is 12.1 Å². The fraction of sp³-hybridized carbons (Fsp3) is 0.412. The molecule has 0 bridgehead atoms. The minimum Gasteiger partial charge on any atom is -0.390 e. The smallest absolute Gasteiger partial charge is 0.159 e. The molecule has 0 radical (unpaired) electrons. The summed E-state index contributed by atoms with van der Waals surface area (Å²) in [5.41, 5.74) is 0.153. The zero-order valence-corrected chi connectivity index (χ0v) is 13.5. The second-order valence-electron chi connectivity index (χ2n) is 6.24. The first-order valence-corrected chi connectivity index (χ1v) is 7.88. The standard InChI is InChI=1S/C17H19F2N3O3/c1-22(14-4-5-20-8-21-14)13-7-10(16(24)17(13)25)15(23)9-2-3-11(18)12(19)6-9/h2-6,8,10,13,15-17,23-25H,7H2,1H3/t10-,13+,15+,16+,17-/m0/s1. The van der Waals surface area contributed by atoms with Gasteiger partial charge in [0.1, 0.15) is 18.2 Å². The lowest BCUT2D eigenvalue weighted by molar-refractivity contribution is -0.0232. The summed E-state index contributed by atoms with van der Waals surface area (Å²) in [4.78, 5) is 9.63. The minimum absolute atomic E-state index is 0.153. The number of aliphatic hydroxyl groups excluding tert-OH is 3. The molecule has 0 spiro atoms. The van der Waals surface area contributed by atoms with Crippen molar-refractivity contribution in [2.45, 2.75) is 30.8 Å². The Morgan fingerprint density at radius 2 is 1.92 bits per heavy atom. The maximum absolute atomic E-state index is 13.4. The van der Waals surface area contributed by atoms with E-state index >= 15 is 0 Å². The first-order valence-electron chi connectivity index (χ1n) is 7.88. The molecule has 6 nitrogen and oxygen atoms in total. The van der Waals surface area contributed by atoms with Gasteiger partial charge in [0, 0.05) is 19.2 Å². The molecule has 1 aromatic carbocycles. The largest absolute Gasteiger partial charge is 0.390 e. The highest BCUT2D eigenvalue weighted by Crippen LogP contribution is 2.39. The van der Waals surface area contributed by atoms with Gasteiger partial charge in [-0.2, -0.15) is 0 Å². The van der Waals surface area contributed by atoms with Gasteiger partial charge in [-0.15, -0.1) is 0 Å². The molecule has 8 heteroatoms. The van der Waals surface area contributed by atoms with Crippen LogP contribution >= 0.6 is 0 Å². The Bertz CT molecular complexity index is 734. The summed E-state index contributed by atoms with van der Waals surface area (Å²) < 4.78 is 26.5. The molecule has 1 aliphatic rings. The first kappa shape index (κ1) is 17.7. The van der Waals surface area contributed by atoms with E-state index in [9.17, 15) is 24.1 Å². The molecule has 0 saturated heterocycles. The molecule has 3 rings (SSSR count). The maximum atomic E-state index is 13.4. The van der Waals surface area contributed by atoms with Gasteiger partial charge in [-0.3, -0.25) is 0 Å². The van der Waals surface area contributed by atoms with E-state index in [4.69, 9.17) is 0 Å². The van der Waals surface area contributed by atoms with Crippen molar-refractivity contribution >= 4 is 5.82 Å². The van der Waals surface area contributed by atoms with E-state index in [1.54, 1.807) is 24.2 Å². The molecule has 3 N–H and O–H groups in total. The zero-order valence-electron chi connectivity index (χ0n) is 13.5. The Morgan fingerprint density at radius 1 is 1.16 bits per heavy atom. The van der Waals surface area contributed by atoms with Gasteiger partial charge < -0.3 is 20.2 Å². The summed E-state index contributed by atoms with van der Waals surface area (Å²) in [5.74, 6) is -2.24. The number of anilines is 1. The summed E-state index contributed by atoms with van der Waals surface area (Å²) in [6, 6.07) is 4.27. The number of likely N-dealkylation sites (N-methyl/N-ethyl adjacent to an activating group) is 1. The average molecular weight is 351 g/mol. The van der Waals surface area contributed by atoms with Gasteiger partial charge in [0.05, 0.1) is 18.2 Å². The van der Waals surface area contributed by atoms with Crippen LogP contribution in [0.2, 0.25) is 0 Å². The van der Waals surface area contributed by atoms with Crippen LogP contribution in [0.25, 0.3) is 0 Å². The molecule has 1 fully saturated rings. The maximum Gasteiger partial charge on any atom is 0.159 e. The van der Waals surface area contributed by atoms with Gasteiger partial charge in [-0.1, -0.05) is 6.07 Å². The monoisotopic (exact) mass is 351 g/mol. The van der Waals surface area contributed by atoms with E-state index in [1.165, 1.54) is 12.4 Å². The highest BCUT2D eigenvalue weighted by Gasteiger charge is 2.46.